The fourth-order valence-electron chi connectivity index (χ4n) is 3.08. The molecule has 0 aliphatic carbocycles. The third kappa shape index (κ3) is 2.10. The van der Waals surface area contributed by atoms with Crippen molar-refractivity contribution >= 4 is 0 Å². The maximum atomic E-state index is 5.13. The van der Waals surface area contributed by atoms with Gasteiger partial charge in [-0.3, -0.25) is 0 Å². The van der Waals surface area contributed by atoms with Crippen LogP contribution in [0.2, 0.25) is 0 Å². The van der Waals surface area contributed by atoms with Crippen LogP contribution in [0.1, 0.15) is 12.8 Å². The van der Waals surface area contributed by atoms with Crippen LogP contribution in [0.4, 0.5) is 0 Å². The molecule has 0 bridgehead atoms. The number of rotatable bonds is 3. The lowest BCUT2D eigenvalue weighted by Crippen LogP contribution is -2.61. The largest absolute Gasteiger partial charge is 0.383 e. The average molecular weight is 198 g/mol. The van der Waals surface area contributed by atoms with Gasteiger partial charge in [0.2, 0.25) is 0 Å². The van der Waals surface area contributed by atoms with E-state index < -0.39 is 0 Å². The summed E-state index contributed by atoms with van der Waals surface area (Å²) in [5.74, 6) is 0. The lowest BCUT2D eigenvalue weighted by Gasteiger charge is -2.53. The summed E-state index contributed by atoms with van der Waals surface area (Å²) in [5, 5.41) is 0. The molecular weight excluding hydrogens is 176 g/mol. The first-order chi connectivity index (χ1) is 6.74. The Hall–Kier alpha value is -0.120. The summed E-state index contributed by atoms with van der Waals surface area (Å²) in [6, 6.07) is 0. The highest BCUT2D eigenvalue weighted by Crippen LogP contribution is 2.37. The number of methoxy groups -OCH3 is 1. The van der Waals surface area contributed by atoms with Crippen molar-refractivity contribution in [2.45, 2.75) is 12.8 Å². The van der Waals surface area contributed by atoms with Crippen LogP contribution < -0.4 is 0 Å². The summed E-state index contributed by atoms with van der Waals surface area (Å²) in [6.07, 6.45) is 2.80. The molecule has 2 fully saturated rings. The van der Waals surface area contributed by atoms with Crippen molar-refractivity contribution in [1.29, 1.82) is 0 Å². The van der Waals surface area contributed by atoms with E-state index in [-0.39, 0.29) is 0 Å². The van der Waals surface area contributed by atoms with Gasteiger partial charge in [0.15, 0.2) is 0 Å². The van der Waals surface area contributed by atoms with Crippen molar-refractivity contribution in [3.63, 3.8) is 0 Å². The fourth-order valence-corrected chi connectivity index (χ4v) is 3.08. The molecule has 0 N–H and O–H groups in total. The summed E-state index contributed by atoms with van der Waals surface area (Å²) in [4.78, 5) is 5.00. The van der Waals surface area contributed by atoms with Crippen molar-refractivity contribution in [3.8, 4) is 0 Å². The van der Waals surface area contributed by atoms with Crippen LogP contribution in [0.3, 0.4) is 0 Å². The fraction of sp³-hybridized carbons (Fsp3) is 1.00. The molecule has 14 heavy (non-hydrogen) atoms. The lowest BCUT2D eigenvalue weighted by molar-refractivity contribution is -0.0442. The van der Waals surface area contributed by atoms with Gasteiger partial charge in [-0.15, -0.1) is 0 Å². The zero-order chi connectivity index (χ0) is 10.0. The Morgan fingerprint density at radius 2 is 2.07 bits per heavy atom. The Morgan fingerprint density at radius 3 is 2.71 bits per heavy atom. The number of hydrogen-bond acceptors (Lipinski definition) is 3. The second-order valence-corrected chi connectivity index (χ2v) is 5.04. The SMILES string of the molecule is COCCN1CCCC2(CN(C)C2)C1. The number of likely N-dealkylation sites (tertiary alicyclic amines) is 2. The van der Waals surface area contributed by atoms with Crippen LogP contribution in [-0.4, -0.2) is 63.3 Å². The molecule has 1 spiro atoms. The molecule has 0 saturated carbocycles. The highest BCUT2D eigenvalue weighted by atomic mass is 16.5. The highest BCUT2D eigenvalue weighted by Gasteiger charge is 2.43. The van der Waals surface area contributed by atoms with Crippen LogP contribution in [0.25, 0.3) is 0 Å². The van der Waals surface area contributed by atoms with E-state index >= 15 is 0 Å². The predicted octanol–water partition coefficient (Wildman–Crippen LogP) is 0.660. The van der Waals surface area contributed by atoms with Gasteiger partial charge in [0.05, 0.1) is 6.61 Å². The van der Waals surface area contributed by atoms with E-state index in [4.69, 9.17) is 4.74 Å². The maximum absolute atomic E-state index is 5.13. The van der Waals surface area contributed by atoms with E-state index in [1.165, 1.54) is 39.0 Å². The highest BCUT2D eigenvalue weighted by molar-refractivity contribution is 4.97. The monoisotopic (exact) mass is 198 g/mol. The van der Waals surface area contributed by atoms with Gasteiger partial charge >= 0.3 is 0 Å². The molecule has 0 aromatic heterocycles. The standard InChI is InChI=1S/C11H22N2O/c1-12-8-11(9-12)4-3-5-13(10-11)6-7-14-2/h3-10H2,1-2H3. The second-order valence-electron chi connectivity index (χ2n) is 5.04. The van der Waals surface area contributed by atoms with E-state index in [0.717, 1.165) is 13.2 Å². The normalized spacial score (nSPS) is 27.9. The molecule has 0 amide bonds. The zero-order valence-electron chi connectivity index (χ0n) is 9.46. The zero-order valence-corrected chi connectivity index (χ0v) is 9.46. The lowest BCUT2D eigenvalue weighted by atomic mass is 9.73. The second kappa shape index (κ2) is 4.17. The number of ether oxygens (including phenoxy) is 1. The van der Waals surface area contributed by atoms with E-state index in [0.29, 0.717) is 5.41 Å². The van der Waals surface area contributed by atoms with Crippen molar-refractivity contribution in [2.75, 3.05) is 53.5 Å². The van der Waals surface area contributed by atoms with Gasteiger partial charge in [0.25, 0.3) is 0 Å². The first kappa shape index (κ1) is 10.4. The minimum Gasteiger partial charge on any atom is -0.383 e. The van der Waals surface area contributed by atoms with Crippen molar-refractivity contribution < 1.29 is 4.74 Å². The van der Waals surface area contributed by atoms with Gasteiger partial charge in [-0.25, -0.2) is 0 Å². The molecule has 0 unspecified atom stereocenters. The van der Waals surface area contributed by atoms with Crippen molar-refractivity contribution in [2.24, 2.45) is 5.41 Å². The van der Waals surface area contributed by atoms with E-state index in [2.05, 4.69) is 16.8 Å². The van der Waals surface area contributed by atoms with Gasteiger partial charge < -0.3 is 14.5 Å². The minimum absolute atomic E-state index is 0.640. The minimum atomic E-state index is 0.640. The quantitative estimate of drug-likeness (QED) is 0.662. The first-order valence-corrected chi connectivity index (χ1v) is 5.64. The summed E-state index contributed by atoms with van der Waals surface area (Å²) in [7, 11) is 4.01. The van der Waals surface area contributed by atoms with Crippen LogP contribution in [0.15, 0.2) is 0 Å². The molecule has 0 aromatic carbocycles. The molecule has 0 aromatic rings. The molecule has 2 aliphatic heterocycles. The van der Waals surface area contributed by atoms with Crippen molar-refractivity contribution in [3.05, 3.63) is 0 Å². The average Bonchev–Trinajstić information content (AvgIpc) is 2.13. The van der Waals surface area contributed by atoms with E-state index in [1.54, 1.807) is 7.11 Å². The van der Waals surface area contributed by atoms with Crippen molar-refractivity contribution in [1.82, 2.24) is 9.80 Å². The maximum Gasteiger partial charge on any atom is 0.0589 e. The molecule has 2 heterocycles. The summed E-state index contributed by atoms with van der Waals surface area (Å²) in [5.41, 5.74) is 0.640. The summed E-state index contributed by atoms with van der Waals surface area (Å²) in [6.45, 7) is 7.16. The number of piperidine rings is 1. The van der Waals surface area contributed by atoms with Gasteiger partial charge in [0.1, 0.15) is 0 Å². The van der Waals surface area contributed by atoms with Crippen LogP contribution >= 0.6 is 0 Å². The molecule has 3 heteroatoms. The van der Waals surface area contributed by atoms with E-state index in [9.17, 15) is 0 Å². The molecule has 2 saturated heterocycles. The number of nitrogens with zero attached hydrogens (tertiary/aromatic N) is 2. The molecule has 3 nitrogen and oxygen atoms in total. The Labute approximate surface area is 87.0 Å². The molecule has 2 aliphatic rings. The van der Waals surface area contributed by atoms with Gasteiger partial charge in [-0.1, -0.05) is 0 Å². The van der Waals surface area contributed by atoms with Crippen LogP contribution in [0, 0.1) is 5.41 Å². The summed E-state index contributed by atoms with van der Waals surface area (Å²) < 4.78 is 5.13. The molecule has 0 atom stereocenters. The van der Waals surface area contributed by atoms with Gasteiger partial charge in [-0.2, -0.15) is 0 Å². The smallest absolute Gasteiger partial charge is 0.0589 e. The topological polar surface area (TPSA) is 15.7 Å². The predicted molar refractivity (Wildman–Crippen MR) is 57.5 cm³/mol. The van der Waals surface area contributed by atoms with E-state index in [1.807, 2.05) is 0 Å². The first-order valence-electron chi connectivity index (χ1n) is 5.64. The van der Waals surface area contributed by atoms with Crippen LogP contribution in [0.5, 0.6) is 0 Å². The molecule has 0 radical (unpaired) electrons. The Bertz CT molecular complexity index is 184. The van der Waals surface area contributed by atoms with Gasteiger partial charge in [0, 0.05) is 38.7 Å². The molecular formula is C11H22N2O. The molecule has 82 valence electrons. The Balaban J connectivity index is 1.79. The third-order valence-electron chi connectivity index (χ3n) is 3.56. The Kier molecular flexibility index (Phi) is 3.10. The molecule has 2 rings (SSSR count). The Morgan fingerprint density at radius 1 is 1.29 bits per heavy atom. The van der Waals surface area contributed by atoms with Gasteiger partial charge in [-0.05, 0) is 26.4 Å². The van der Waals surface area contributed by atoms with Crippen LogP contribution in [-0.2, 0) is 4.74 Å². The number of hydrogen-bond donors (Lipinski definition) is 0. The third-order valence-corrected chi connectivity index (χ3v) is 3.56. The summed E-state index contributed by atoms with van der Waals surface area (Å²) >= 11 is 0.